The van der Waals surface area contributed by atoms with Crippen molar-refractivity contribution in [1.29, 1.82) is 0 Å². The predicted octanol–water partition coefficient (Wildman–Crippen LogP) is 4.58. The van der Waals surface area contributed by atoms with E-state index >= 15 is 0 Å². The second-order valence-electron chi connectivity index (χ2n) is 5.11. The van der Waals surface area contributed by atoms with E-state index in [4.69, 9.17) is 4.74 Å². The molecule has 0 aliphatic heterocycles. The van der Waals surface area contributed by atoms with Crippen molar-refractivity contribution in [2.24, 2.45) is 0 Å². The molecule has 0 spiro atoms. The Morgan fingerprint density at radius 3 is 2.74 bits per heavy atom. The summed E-state index contributed by atoms with van der Waals surface area (Å²) in [6, 6.07) is 17.0. The summed E-state index contributed by atoms with van der Waals surface area (Å²) in [6.45, 7) is 0.640. The molecule has 1 aromatic heterocycles. The first-order valence-electron chi connectivity index (χ1n) is 7.45. The minimum Gasteiger partial charge on any atom is -0.493 e. The Hall–Kier alpha value is -2.27. The number of alkyl halides is 1. The number of hydrogen-bond acceptors (Lipinski definition) is 2. The van der Waals surface area contributed by atoms with Crippen molar-refractivity contribution in [3.05, 3.63) is 60.3 Å². The smallest absolute Gasteiger partial charge is 0.272 e. The fourth-order valence-electron chi connectivity index (χ4n) is 2.33. The first kappa shape index (κ1) is 15.6. The van der Waals surface area contributed by atoms with Gasteiger partial charge in [-0.2, -0.15) is 0 Å². The van der Waals surface area contributed by atoms with Gasteiger partial charge in [-0.25, -0.2) is 0 Å². The Morgan fingerprint density at radius 2 is 1.96 bits per heavy atom. The molecule has 118 valence electrons. The number of para-hydroxylation sites is 1. The van der Waals surface area contributed by atoms with Gasteiger partial charge in [0.1, 0.15) is 11.4 Å². The Morgan fingerprint density at radius 1 is 1.13 bits per heavy atom. The normalized spacial score (nSPS) is 10.7. The van der Waals surface area contributed by atoms with Crippen molar-refractivity contribution in [2.45, 2.75) is 6.42 Å². The van der Waals surface area contributed by atoms with Crippen LogP contribution in [0.2, 0.25) is 0 Å². The van der Waals surface area contributed by atoms with Crippen molar-refractivity contribution < 1.29 is 9.53 Å². The quantitative estimate of drug-likeness (QED) is 0.491. The van der Waals surface area contributed by atoms with Crippen LogP contribution in [0.3, 0.4) is 0 Å². The number of hydrogen-bond donors (Lipinski definition) is 2. The van der Waals surface area contributed by atoms with E-state index in [-0.39, 0.29) is 5.91 Å². The van der Waals surface area contributed by atoms with Crippen molar-refractivity contribution in [1.82, 2.24) is 4.98 Å². The van der Waals surface area contributed by atoms with Crippen molar-refractivity contribution in [3.8, 4) is 5.75 Å². The summed E-state index contributed by atoms with van der Waals surface area (Å²) in [7, 11) is 0. The number of ether oxygens (including phenoxy) is 1. The van der Waals surface area contributed by atoms with Gasteiger partial charge in [0.05, 0.1) is 6.61 Å². The van der Waals surface area contributed by atoms with Crippen molar-refractivity contribution in [3.63, 3.8) is 0 Å². The molecule has 1 amide bonds. The molecule has 4 nitrogen and oxygen atoms in total. The first-order valence-corrected chi connectivity index (χ1v) is 8.57. The van der Waals surface area contributed by atoms with Crippen LogP contribution in [0, 0.1) is 0 Å². The third-order valence-electron chi connectivity index (χ3n) is 3.44. The zero-order chi connectivity index (χ0) is 16.1. The van der Waals surface area contributed by atoms with Gasteiger partial charge in [0.25, 0.3) is 5.91 Å². The molecule has 0 fully saturated rings. The summed E-state index contributed by atoms with van der Waals surface area (Å²) in [5.74, 6) is 0.622. The summed E-state index contributed by atoms with van der Waals surface area (Å²) in [6.07, 6.45) is 0.933. The molecule has 3 aromatic rings. The lowest BCUT2D eigenvalue weighted by Crippen LogP contribution is -2.11. The zero-order valence-corrected chi connectivity index (χ0v) is 14.1. The molecule has 2 N–H and O–H groups in total. The van der Waals surface area contributed by atoms with E-state index in [1.54, 1.807) is 0 Å². The molecule has 0 aliphatic carbocycles. The number of anilines is 1. The molecule has 0 bridgehead atoms. The van der Waals surface area contributed by atoms with Crippen LogP contribution in [0.5, 0.6) is 5.75 Å². The fourth-order valence-corrected chi connectivity index (χ4v) is 2.56. The van der Waals surface area contributed by atoms with E-state index in [0.29, 0.717) is 12.3 Å². The second kappa shape index (κ2) is 7.33. The highest BCUT2D eigenvalue weighted by molar-refractivity contribution is 9.09. The van der Waals surface area contributed by atoms with Crippen LogP contribution in [0.15, 0.2) is 54.6 Å². The van der Waals surface area contributed by atoms with E-state index < -0.39 is 0 Å². The summed E-state index contributed by atoms with van der Waals surface area (Å²) in [4.78, 5) is 15.5. The molecule has 0 unspecified atom stereocenters. The molecule has 5 heteroatoms. The number of aromatic amines is 1. The van der Waals surface area contributed by atoms with E-state index in [0.717, 1.165) is 34.1 Å². The van der Waals surface area contributed by atoms with Gasteiger partial charge in [0.15, 0.2) is 0 Å². The molecule has 3 rings (SSSR count). The topological polar surface area (TPSA) is 54.1 Å². The third-order valence-corrected chi connectivity index (χ3v) is 4.00. The SMILES string of the molecule is O=C(Nc1ccccc1)c1cc2c(OCCCBr)cccc2[nH]1. The number of benzene rings is 2. The lowest BCUT2D eigenvalue weighted by molar-refractivity contribution is 0.102. The average molecular weight is 373 g/mol. The highest BCUT2D eigenvalue weighted by atomic mass is 79.9. The molecule has 0 radical (unpaired) electrons. The van der Waals surface area contributed by atoms with Gasteiger partial charge in [-0.15, -0.1) is 0 Å². The van der Waals surface area contributed by atoms with E-state index in [1.165, 1.54) is 0 Å². The van der Waals surface area contributed by atoms with Gasteiger partial charge in [-0.3, -0.25) is 4.79 Å². The average Bonchev–Trinajstić information content (AvgIpc) is 3.01. The lowest BCUT2D eigenvalue weighted by Gasteiger charge is -2.05. The number of aromatic nitrogens is 1. The molecule has 0 atom stereocenters. The molecule has 0 saturated heterocycles. The Kier molecular flexibility index (Phi) is 4.98. The van der Waals surface area contributed by atoms with Gasteiger partial charge in [0.2, 0.25) is 0 Å². The third kappa shape index (κ3) is 3.74. The van der Waals surface area contributed by atoms with Crippen LogP contribution in [-0.4, -0.2) is 22.8 Å². The predicted molar refractivity (Wildman–Crippen MR) is 96.6 cm³/mol. The Balaban J connectivity index is 1.82. The molecule has 0 aliphatic rings. The van der Waals surface area contributed by atoms with Crippen LogP contribution in [-0.2, 0) is 0 Å². The maximum atomic E-state index is 12.4. The number of nitrogens with one attached hydrogen (secondary N) is 2. The van der Waals surface area contributed by atoms with Gasteiger partial charge >= 0.3 is 0 Å². The Bertz CT molecular complexity index is 799. The van der Waals surface area contributed by atoms with Gasteiger partial charge in [-0.05, 0) is 36.8 Å². The number of carbonyl (C=O) groups excluding carboxylic acids is 1. The number of amides is 1. The summed E-state index contributed by atoms with van der Waals surface area (Å²) in [5, 5.41) is 4.69. The molecule has 0 saturated carbocycles. The minimum atomic E-state index is -0.168. The van der Waals surface area contributed by atoms with E-state index in [1.807, 2.05) is 54.6 Å². The highest BCUT2D eigenvalue weighted by Gasteiger charge is 2.12. The maximum Gasteiger partial charge on any atom is 0.272 e. The summed E-state index contributed by atoms with van der Waals surface area (Å²) >= 11 is 3.39. The standard InChI is InChI=1S/C18H17BrN2O2/c19-10-5-11-23-17-9-4-8-15-14(17)12-16(21-15)18(22)20-13-6-2-1-3-7-13/h1-4,6-9,12,21H,5,10-11H2,(H,20,22). The molecule has 2 aromatic carbocycles. The highest BCUT2D eigenvalue weighted by Crippen LogP contribution is 2.27. The number of rotatable bonds is 6. The van der Waals surface area contributed by atoms with Crippen LogP contribution in [0.4, 0.5) is 5.69 Å². The van der Waals surface area contributed by atoms with Gasteiger partial charge in [-0.1, -0.05) is 40.2 Å². The number of carbonyl (C=O) groups is 1. The lowest BCUT2D eigenvalue weighted by atomic mass is 10.2. The monoisotopic (exact) mass is 372 g/mol. The van der Waals surface area contributed by atoms with Crippen LogP contribution >= 0.6 is 15.9 Å². The second-order valence-corrected chi connectivity index (χ2v) is 5.90. The fraction of sp³-hybridized carbons (Fsp3) is 0.167. The Labute approximate surface area is 143 Å². The van der Waals surface area contributed by atoms with E-state index in [9.17, 15) is 4.79 Å². The number of fused-ring (bicyclic) bond motifs is 1. The number of halogens is 1. The van der Waals surface area contributed by atoms with Crippen LogP contribution in [0.1, 0.15) is 16.9 Å². The minimum absolute atomic E-state index is 0.168. The molecular weight excluding hydrogens is 356 g/mol. The van der Waals surface area contributed by atoms with Crippen molar-refractivity contribution >= 4 is 38.4 Å². The van der Waals surface area contributed by atoms with Crippen LogP contribution in [0.25, 0.3) is 10.9 Å². The van der Waals surface area contributed by atoms with Crippen LogP contribution < -0.4 is 10.1 Å². The van der Waals surface area contributed by atoms with Crippen molar-refractivity contribution in [2.75, 3.05) is 17.3 Å². The summed E-state index contributed by atoms with van der Waals surface area (Å²) in [5.41, 5.74) is 2.17. The molecule has 1 heterocycles. The van der Waals surface area contributed by atoms with E-state index in [2.05, 4.69) is 26.2 Å². The first-order chi connectivity index (χ1) is 11.3. The van der Waals surface area contributed by atoms with Gasteiger partial charge < -0.3 is 15.0 Å². The number of H-pyrrole nitrogens is 1. The molecular formula is C18H17BrN2O2. The van der Waals surface area contributed by atoms with Gasteiger partial charge in [0, 0.05) is 21.9 Å². The largest absolute Gasteiger partial charge is 0.493 e. The maximum absolute atomic E-state index is 12.4. The summed E-state index contributed by atoms with van der Waals surface area (Å²) < 4.78 is 5.79. The molecule has 23 heavy (non-hydrogen) atoms. The zero-order valence-electron chi connectivity index (χ0n) is 12.5.